The van der Waals surface area contributed by atoms with E-state index in [9.17, 15) is 0 Å². The number of halogens is 1. The summed E-state index contributed by atoms with van der Waals surface area (Å²) in [6.45, 7) is 1.84. The van der Waals surface area contributed by atoms with Crippen molar-refractivity contribution in [1.29, 1.82) is 0 Å². The molecule has 0 aliphatic carbocycles. The van der Waals surface area contributed by atoms with Gasteiger partial charge in [-0.05, 0) is 23.8 Å². The van der Waals surface area contributed by atoms with Crippen LogP contribution in [0.15, 0.2) is 78.9 Å². The number of para-hydroxylation sites is 1. The van der Waals surface area contributed by atoms with E-state index in [0.29, 0.717) is 24.7 Å². The molecule has 4 aromatic rings. The number of ether oxygens (including phenoxy) is 1. The van der Waals surface area contributed by atoms with E-state index >= 15 is 0 Å². The van der Waals surface area contributed by atoms with Crippen LogP contribution in [0, 0.1) is 0 Å². The average molecular weight is 419 g/mol. The molecule has 0 bridgehead atoms. The Hall–Kier alpha value is -3.15. The van der Waals surface area contributed by atoms with Crippen molar-refractivity contribution in [2.24, 2.45) is 0 Å². The van der Waals surface area contributed by atoms with Crippen molar-refractivity contribution in [2.45, 2.75) is 19.6 Å². The molecule has 0 spiro atoms. The molecule has 3 aromatic carbocycles. The second-order valence-electron chi connectivity index (χ2n) is 6.94. The lowest BCUT2D eigenvalue weighted by Gasteiger charge is -2.09. The van der Waals surface area contributed by atoms with E-state index < -0.39 is 0 Å². The first-order valence-electron chi connectivity index (χ1n) is 9.79. The number of hydrogen-bond acceptors (Lipinski definition) is 4. The number of hydrogen-bond donors (Lipinski definition) is 1. The quantitative estimate of drug-likeness (QED) is 0.440. The maximum Gasteiger partial charge on any atom is 0.123 e. The molecular formula is C24H23ClN4O. The second kappa shape index (κ2) is 9.57. The molecule has 0 saturated carbocycles. The Morgan fingerprint density at radius 3 is 2.50 bits per heavy atom. The van der Waals surface area contributed by atoms with E-state index in [1.807, 2.05) is 60.7 Å². The number of nitrogens with one attached hydrogen (secondary N) is 1. The van der Waals surface area contributed by atoms with Crippen LogP contribution in [0.25, 0.3) is 11.3 Å². The van der Waals surface area contributed by atoms with Gasteiger partial charge in [0.05, 0.1) is 13.7 Å². The monoisotopic (exact) mass is 418 g/mol. The van der Waals surface area contributed by atoms with Crippen LogP contribution < -0.4 is 10.1 Å². The molecule has 152 valence electrons. The Balaban J connectivity index is 1.55. The van der Waals surface area contributed by atoms with Crippen molar-refractivity contribution < 1.29 is 4.74 Å². The summed E-state index contributed by atoms with van der Waals surface area (Å²) in [5.74, 6) is 0.873. The fraction of sp³-hybridized carbons (Fsp3) is 0.167. The number of methoxy groups -OCH3 is 1. The maximum absolute atomic E-state index is 6.12. The summed E-state index contributed by atoms with van der Waals surface area (Å²) in [5.41, 5.74) is 4.99. The third kappa shape index (κ3) is 4.87. The van der Waals surface area contributed by atoms with Gasteiger partial charge in [0.1, 0.15) is 17.1 Å². The summed E-state index contributed by atoms with van der Waals surface area (Å²) in [7, 11) is 1.69. The molecule has 1 heterocycles. The summed E-state index contributed by atoms with van der Waals surface area (Å²) in [5, 5.41) is 13.7. The highest BCUT2D eigenvalue weighted by Gasteiger charge is 2.14. The predicted octanol–water partition coefficient (Wildman–Crippen LogP) is 4.95. The summed E-state index contributed by atoms with van der Waals surface area (Å²) < 4.78 is 5.44. The van der Waals surface area contributed by atoms with E-state index in [0.717, 1.165) is 33.8 Å². The minimum atomic E-state index is 0.562. The van der Waals surface area contributed by atoms with Crippen molar-refractivity contribution in [2.75, 3.05) is 7.11 Å². The first-order valence-corrected chi connectivity index (χ1v) is 10.2. The smallest absolute Gasteiger partial charge is 0.123 e. The van der Waals surface area contributed by atoms with Crippen molar-refractivity contribution in [3.63, 3.8) is 0 Å². The highest BCUT2D eigenvalue weighted by molar-refractivity contribution is 6.30. The largest absolute Gasteiger partial charge is 0.496 e. The Morgan fingerprint density at radius 2 is 1.70 bits per heavy atom. The maximum atomic E-state index is 6.12. The van der Waals surface area contributed by atoms with E-state index in [-0.39, 0.29) is 0 Å². The van der Waals surface area contributed by atoms with Gasteiger partial charge in [-0.15, -0.1) is 0 Å². The second-order valence-corrected chi connectivity index (χ2v) is 7.37. The molecule has 1 N–H and O–H groups in total. The minimum absolute atomic E-state index is 0.562. The number of rotatable bonds is 8. The fourth-order valence-corrected chi connectivity index (χ4v) is 3.57. The average Bonchev–Trinajstić information content (AvgIpc) is 3.17. The van der Waals surface area contributed by atoms with E-state index in [1.54, 1.807) is 11.9 Å². The van der Waals surface area contributed by atoms with Gasteiger partial charge in [-0.2, -0.15) is 15.0 Å². The van der Waals surface area contributed by atoms with Crippen LogP contribution in [0.5, 0.6) is 5.75 Å². The van der Waals surface area contributed by atoms with Gasteiger partial charge in [0, 0.05) is 29.2 Å². The van der Waals surface area contributed by atoms with Crippen LogP contribution in [0.4, 0.5) is 0 Å². The molecular weight excluding hydrogens is 396 g/mol. The minimum Gasteiger partial charge on any atom is -0.496 e. The van der Waals surface area contributed by atoms with Gasteiger partial charge >= 0.3 is 0 Å². The molecule has 0 aliphatic heterocycles. The lowest BCUT2D eigenvalue weighted by atomic mass is 10.1. The molecule has 0 atom stereocenters. The van der Waals surface area contributed by atoms with Crippen LogP contribution in [-0.2, 0) is 19.6 Å². The summed E-state index contributed by atoms with van der Waals surface area (Å²) in [4.78, 5) is 1.73. The van der Waals surface area contributed by atoms with Crippen molar-refractivity contribution in [1.82, 2.24) is 20.3 Å². The normalized spacial score (nSPS) is 10.9. The van der Waals surface area contributed by atoms with Gasteiger partial charge < -0.3 is 10.1 Å². The van der Waals surface area contributed by atoms with Gasteiger partial charge in [-0.1, -0.05) is 72.3 Å². The van der Waals surface area contributed by atoms with Crippen molar-refractivity contribution >= 4 is 11.6 Å². The van der Waals surface area contributed by atoms with Crippen LogP contribution in [-0.4, -0.2) is 22.1 Å². The molecule has 0 radical (unpaired) electrons. The van der Waals surface area contributed by atoms with Gasteiger partial charge in [-0.25, -0.2) is 0 Å². The number of nitrogens with zero attached hydrogens (tertiary/aromatic N) is 3. The third-order valence-electron chi connectivity index (χ3n) is 4.79. The van der Waals surface area contributed by atoms with E-state index in [2.05, 4.69) is 23.5 Å². The summed E-state index contributed by atoms with van der Waals surface area (Å²) in [6.07, 6.45) is 0. The van der Waals surface area contributed by atoms with Crippen LogP contribution in [0.1, 0.15) is 16.8 Å². The SMILES string of the molecule is COc1ccccc1CNCc1nn(Cc2cccc(Cl)c2)nc1-c1ccccc1. The standard InChI is InChI=1S/C24H23ClN4O/c1-30-23-13-6-5-11-20(23)15-26-16-22-24(19-9-3-2-4-10-19)28-29(27-22)17-18-8-7-12-21(25)14-18/h2-14,26H,15-17H2,1H3. The van der Waals surface area contributed by atoms with Crippen LogP contribution in [0.3, 0.4) is 0 Å². The zero-order chi connectivity index (χ0) is 20.8. The van der Waals surface area contributed by atoms with Crippen LogP contribution >= 0.6 is 11.6 Å². The van der Waals surface area contributed by atoms with Gasteiger partial charge in [0.2, 0.25) is 0 Å². The first-order chi connectivity index (χ1) is 14.7. The Labute approximate surface area is 181 Å². The Bertz CT molecular complexity index is 1110. The van der Waals surface area contributed by atoms with Gasteiger partial charge in [-0.3, -0.25) is 0 Å². The molecule has 30 heavy (non-hydrogen) atoms. The van der Waals surface area contributed by atoms with E-state index in [1.165, 1.54) is 0 Å². The molecule has 4 rings (SSSR count). The Morgan fingerprint density at radius 1 is 0.900 bits per heavy atom. The van der Waals surface area contributed by atoms with Gasteiger partial charge in [0.15, 0.2) is 0 Å². The molecule has 0 unspecified atom stereocenters. The predicted molar refractivity (Wildman–Crippen MR) is 120 cm³/mol. The van der Waals surface area contributed by atoms with E-state index in [4.69, 9.17) is 26.5 Å². The lowest BCUT2D eigenvalue weighted by Crippen LogP contribution is -2.14. The number of aromatic nitrogens is 3. The zero-order valence-electron chi connectivity index (χ0n) is 16.8. The number of benzene rings is 3. The molecule has 5 nitrogen and oxygen atoms in total. The van der Waals surface area contributed by atoms with Crippen molar-refractivity contribution in [3.05, 3.63) is 101 Å². The van der Waals surface area contributed by atoms with Crippen molar-refractivity contribution in [3.8, 4) is 17.0 Å². The molecule has 0 saturated heterocycles. The van der Waals surface area contributed by atoms with Crippen LogP contribution in [0.2, 0.25) is 5.02 Å². The lowest BCUT2D eigenvalue weighted by molar-refractivity contribution is 0.407. The highest BCUT2D eigenvalue weighted by atomic mass is 35.5. The zero-order valence-corrected chi connectivity index (χ0v) is 17.5. The summed E-state index contributed by atoms with van der Waals surface area (Å²) >= 11 is 6.12. The molecule has 0 fully saturated rings. The molecule has 0 amide bonds. The first kappa shape index (κ1) is 20.1. The topological polar surface area (TPSA) is 52.0 Å². The fourth-order valence-electron chi connectivity index (χ4n) is 3.36. The third-order valence-corrected chi connectivity index (χ3v) is 5.02. The molecule has 1 aromatic heterocycles. The molecule has 6 heteroatoms. The highest BCUT2D eigenvalue weighted by Crippen LogP contribution is 2.22. The molecule has 0 aliphatic rings. The summed E-state index contributed by atoms with van der Waals surface area (Å²) in [6, 6.07) is 25.9. The van der Waals surface area contributed by atoms with Gasteiger partial charge in [0.25, 0.3) is 0 Å². The Kier molecular flexibility index (Phi) is 6.42.